The summed E-state index contributed by atoms with van der Waals surface area (Å²) in [5.41, 5.74) is 1.63. The van der Waals surface area contributed by atoms with Gasteiger partial charge in [-0.3, -0.25) is 0 Å². The predicted molar refractivity (Wildman–Crippen MR) is 134 cm³/mol. The minimum atomic E-state index is -4.64. The highest BCUT2D eigenvalue weighted by Gasteiger charge is 2.34. The van der Waals surface area contributed by atoms with Gasteiger partial charge in [0.2, 0.25) is 5.95 Å². The molecule has 38 heavy (non-hydrogen) atoms. The largest absolute Gasteiger partial charge is 0.435 e. The molecule has 6 rings (SSSR count). The zero-order valence-electron chi connectivity index (χ0n) is 20.1. The van der Waals surface area contributed by atoms with Crippen LogP contribution in [0.3, 0.4) is 0 Å². The first-order valence-corrected chi connectivity index (χ1v) is 12.0. The number of ether oxygens (including phenoxy) is 1. The number of fused-ring (bicyclic) bond motifs is 3. The molecule has 196 valence electrons. The van der Waals surface area contributed by atoms with Crippen molar-refractivity contribution in [2.45, 2.75) is 25.6 Å². The summed E-state index contributed by atoms with van der Waals surface area (Å²) in [4.78, 5) is 16.5. The molecule has 1 atom stereocenters. The highest BCUT2D eigenvalue weighted by atomic mass is 19.4. The minimum absolute atomic E-state index is 0.103. The maximum atomic E-state index is 14.7. The fraction of sp³-hybridized carbons (Fsp3) is 0.280. The number of aromatic amines is 1. The van der Waals surface area contributed by atoms with Crippen molar-refractivity contribution in [3.8, 4) is 16.8 Å². The molecule has 5 heterocycles. The van der Waals surface area contributed by atoms with Crippen molar-refractivity contribution in [3.05, 3.63) is 54.5 Å². The maximum Gasteiger partial charge on any atom is 0.435 e. The zero-order chi connectivity index (χ0) is 26.4. The van der Waals surface area contributed by atoms with Crippen LogP contribution >= 0.6 is 0 Å². The molecule has 0 radical (unpaired) electrons. The molecule has 0 aliphatic carbocycles. The van der Waals surface area contributed by atoms with E-state index in [1.54, 1.807) is 12.4 Å². The van der Waals surface area contributed by atoms with Gasteiger partial charge in [0.1, 0.15) is 11.5 Å². The van der Waals surface area contributed by atoms with Crippen LogP contribution in [0.4, 0.5) is 29.2 Å². The third-order valence-corrected chi connectivity index (χ3v) is 6.37. The number of nitrogens with zero attached hydrogens (tertiary/aromatic N) is 5. The highest BCUT2D eigenvalue weighted by Crippen LogP contribution is 2.39. The third kappa shape index (κ3) is 4.28. The van der Waals surface area contributed by atoms with Crippen LogP contribution in [0.1, 0.15) is 19.0 Å². The number of halogens is 4. The topological polar surface area (TPSA) is 106 Å². The predicted octanol–water partition coefficient (Wildman–Crippen LogP) is 5.15. The van der Waals surface area contributed by atoms with Crippen LogP contribution in [0.25, 0.3) is 38.8 Å². The number of pyridine rings is 1. The van der Waals surface area contributed by atoms with Gasteiger partial charge in [-0.2, -0.15) is 18.3 Å². The normalized spacial score (nSPS) is 16.0. The number of hydrogen-bond acceptors (Lipinski definition) is 7. The van der Waals surface area contributed by atoms with Crippen molar-refractivity contribution in [1.29, 1.82) is 0 Å². The molecule has 0 amide bonds. The van der Waals surface area contributed by atoms with Crippen molar-refractivity contribution < 1.29 is 22.3 Å². The second kappa shape index (κ2) is 9.24. The minimum Gasteiger partial charge on any atom is -0.384 e. The van der Waals surface area contributed by atoms with Gasteiger partial charge in [0.15, 0.2) is 5.69 Å². The second-order valence-corrected chi connectivity index (χ2v) is 8.92. The molecule has 1 unspecified atom stereocenters. The molecule has 1 aliphatic rings. The molecule has 1 aliphatic heterocycles. The van der Waals surface area contributed by atoms with Crippen LogP contribution in [0.5, 0.6) is 0 Å². The van der Waals surface area contributed by atoms with Gasteiger partial charge < -0.3 is 20.4 Å². The van der Waals surface area contributed by atoms with Gasteiger partial charge in [0.05, 0.1) is 34.9 Å². The SMILES string of the molecule is CCNc1cc(F)cc2c1[nH]c1ncc(-c3cnc(NC4CCOC4)nc3)c(-n3ccc(C(F)(F)F)n3)c12. The van der Waals surface area contributed by atoms with E-state index in [0.29, 0.717) is 70.1 Å². The average molecular weight is 526 g/mol. The summed E-state index contributed by atoms with van der Waals surface area (Å²) in [5.74, 6) is -0.0977. The van der Waals surface area contributed by atoms with Gasteiger partial charge in [-0.1, -0.05) is 0 Å². The van der Waals surface area contributed by atoms with E-state index in [1.807, 2.05) is 6.92 Å². The molecule has 1 saturated heterocycles. The summed E-state index contributed by atoms with van der Waals surface area (Å²) in [6.07, 6.45) is 2.06. The molecule has 1 fully saturated rings. The Labute approximate surface area is 213 Å². The molecule has 5 aromatic rings. The summed E-state index contributed by atoms with van der Waals surface area (Å²) in [5, 5.41) is 11.0. The summed E-state index contributed by atoms with van der Waals surface area (Å²) < 4.78 is 61.6. The zero-order valence-corrected chi connectivity index (χ0v) is 20.1. The Morgan fingerprint density at radius 3 is 2.66 bits per heavy atom. The van der Waals surface area contributed by atoms with Gasteiger partial charge in [-0.15, -0.1) is 0 Å². The lowest BCUT2D eigenvalue weighted by molar-refractivity contribution is -0.141. The highest BCUT2D eigenvalue weighted by molar-refractivity contribution is 6.15. The summed E-state index contributed by atoms with van der Waals surface area (Å²) in [7, 11) is 0. The van der Waals surface area contributed by atoms with Crippen LogP contribution in [0.2, 0.25) is 0 Å². The van der Waals surface area contributed by atoms with Crippen molar-refractivity contribution in [2.24, 2.45) is 0 Å². The molecule has 4 aromatic heterocycles. The summed E-state index contributed by atoms with van der Waals surface area (Å²) in [6.45, 7) is 3.64. The van der Waals surface area contributed by atoms with Crippen LogP contribution in [0, 0.1) is 5.82 Å². The van der Waals surface area contributed by atoms with Crippen LogP contribution < -0.4 is 10.6 Å². The van der Waals surface area contributed by atoms with Gasteiger partial charge in [-0.25, -0.2) is 24.0 Å². The maximum absolute atomic E-state index is 14.7. The lowest BCUT2D eigenvalue weighted by Gasteiger charge is -2.13. The fourth-order valence-electron chi connectivity index (χ4n) is 4.66. The van der Waals surface area contributed by atoms with Gasteiger partial charge in [-0.05, 0) is 31.5 Å². The van der Waals surface area contributed by atoms with E-state index in [0.717, 1.165) is 17.2 Å². The smallest absolute Gasteiger partial charge is 0.384 e. The van der Waals surface area contributed by atoms with E-state index >= 15 is 0 Å². The van der Waals surface area contributed by atoms with E-state index in [9.17, 15) is 17.6 Å². The monoisotopic (exact) mass is 526 g/mol. The molecule has 0 bridgehead atoms. The number of alkyl halides is 3. The standard InChI is InChI=1S/C25H22F4N8O/c1-2-30-18-8-14(26)7-16-20-22(37-5-3-19(36-37)25(27,28)29)17(11-31-23(20)35-21(16)18)13-9-32-24(33-10-13)34-15-4-6-38-12-15/h3,5,7-11,15,30H,2,4,6,12H2,1H3,(H,31,35)(H,32,33,34). The molecular weight excluding hydrogens is 504 g/mol. The van der Waals surface area contributed by atoms with E-state index in [2.05, 4.69) is 35.7 Å². The van der Waals surface area contributed by atoms with Crippen molar-refractivity contribution >= 4 is 33.6 Å². The van der Waals surface area contributed by atoms with Crippen LogP contribution in [-0.2, 0) is 10.9 Å². The van der Waals surface area contributed by atoms with E-state index in [1.165, 1.54) is 24.5 Å². The number of hydrogen-bond donors (Lipinski definition) is 3. The van der Waals surface area contributed by atoms with Gasteiger partial charge in [0, 0.05) is 54.5 Å². The molecule has 0 spiro atoms. The summed E-state index contributed by atoms with van der Waals surface area (Å²) in [6, 6.07) is 3.67. The van der Waals surface area contributed by atoms with Crippen molar-refractivity contribution in [2.75, 3.05) is 30.4 Å². The number of rotatable bonds is 6. The van der Waals surface area contributed by atoms with Gasteiger partial charge in [0.25, 0.3) is 0 Å². The molecule has 3 N–H and O–H groups in total. The summed E-state index contributed by atoms with van der Waals surface area (Å²) >= 11 is 0. The molecule has 13 heteroatoms. The first kappa shape index (κ1) is 24.1. The molecule has 1 aromatic carbocycles. The Hall–Kier alpha value is -4.26. The Balaban J connectivity index is 1.56. The van der Waals surface area contributed by atoms with E-state index in [4.69, 9.17) is 4.74 Å². The molecule has 0 saturated carbocycles. The van der Waals surface area contributed by atoms with Crippen LogP contribution in [0.15, 0.2) is 43.0 Å². The fourth-order valence-corrected chi connectivity index (χ4v) is 4.66. The molecular formula is C25H22F4N8O. The quantitative estimate of drug-likeness (QED) is 0.263. The second-order valence-electron chi connectivity index (χ2n) is 8.92. The Kier molecular flexibility index (Phi) is 5.86. The van der Waals surface area contributed by atoms with Crippen molar-refractivity contribution in [1.82, 2.24) is 29.7 Å². The Morgan fingerprint density at radius 1 is 1.16 bits per heavy atom. The Morgan fingerprint density at radius 2 is 1.97 bits per heavy atom. The number of aromatic nitrogens is 6. The van der Waals surface area contributed by atoms with E-state index < -0.39 is 17.7 Å². The van der Waals surface area contributed by atoms with E-state index in [-0.39, 0.29) is 6.04 Å². The van der Waals surface area contributed by atoms with Gasteiger partial charge >= 0.3 is 6.18 Å². The van der Waals surface area contributed by atoms with Crippen molar-refractivity contribution in [3.63, 3.8) is 0 Å². The Bertz CT molecular complexity index is 1620. The first-order valence-electron chi connectivity index (χ1n) is 12.0. The average Bonchev–Trinajstić information content (AvgIpc) is 3.64. The third-order valence-electron chi connectivity index (χ3n) is 6.37. The molecule has 9 nitrogen and oxygen atoms in total. The number of nitrogens with one attached hydrogen (secondary N) is 3. The number of anilines is 2. The lowest BCUT2D eigenvalue weighted by Crippen LogP contribution is -2.20. The lowest BCUT2D eigenvalue weighted by atomic mass is 10.0. The number of benzene rings is 1. The number of H-pyrrole nitrogens is 1. The first-order chi connectivity index (χ1) is 18.3. The van der Waals surface area contributed by atoms with Crippen LogP contribution in [-0.4, -0.2) is 55.5 Å².